The monoisotopic (exact) mass is 478 g/mol. The minimum Gasteiger partial charge on any atom is -0.497 e. The molecule has 0 spiro atoms. The molecule has 0 fully saturated rings. The van der Waals surface area contributed by atoms with Gasteiger partial charge in [-0.15, -0.1) is 0 Å². The van der Waals surface area contributed by atoms with Crippen LogP contribution in [0.2, 0.25) is 5.02 Å². The van der Waals surface area contributed by atoms with Crippen LogP contribution >= 0.6 is 11.6 Å². The first-order chi connectivity index (χ1) is 15.7. The number of benzene rings is 2. The third kappa shape index (κ3) is 6.92. The van der Waals surface area contributed by atoms with Gasteiger partial charge in [0.1, 0.15) is 17.5 Å². The van der Waals surface area contributed by atoms with E-state index in [4.69, 9.17) is 30.5 Å². The first-order valence-corrected chi connectivity index (χ1v) is 10.9. The van der Waals surface area contributed by atoms with Gasteiger partial charge >= 0.3 is 0 Å². The summed E-state index contributed by atoms with van der Waals surface area (Å²) >= 11 is 6.31. The molecule has 2 aromatic rings. The molecule has 2 rings (SSSR count). The van der Waals surface area contributed by atoms with E-state index in [1.807, 2.05) is 20.8 Å². The number of amides is 2. The largest absolute Gasteiger partial charge is 0.497 e. The molecule has 1 unspecified atom stereocenters. The molecule has 9 heteroatoms. The molecule has 0 heterocycles. The summed E-state index contributed by atoms with van der Waals surface area (Å²) in [7, 11) is 4.53. The van der Waals surface area contributed by atoms with Crippen LogP contribution in [0.5, 0.6) is 23.0 Å². The number of carbonyl (C=O) groups is 2. The average Bonchev–Trinajstić information content (AvgIpc) is 2.81. The van der Waals surface area contributed by atoms with Crippen molar-refractivity contribution in [3.8, 4) is 23.0 Å². The minimum absolute atomic E-state index is 0.153. The number of methoxy groups -OCH3 is 3. The lowest BCUT2D eigenvalue weighted by molar-refractivity contribution is -0.124. The molecular formula is C24H31ClN2O6. The smallest absolute Gasteiger partial charge is 0.252 e. The van der Waals surface area contributed by atoms with Gasteiger partial charge in [0, 0.05) is 18.2 Å². The first-order valence-electron chi connectivity index (χ1n) is 10.5. The SMILES string of the molecule is CCOc1c(Cl)cc(CNC(=O)C(NC(=O)c2cc(OC)cc(OC)c2)C(C)C)cc1OC. The molecule has 0 saturated heterocycles. The Morgan fingerprint density at radius 3 is 2.12 bits per heavy atom. The molecule has 0 aliphatic rings. The lowest BCUT2D eigenvalue weighted by Crippen LogP contribution is -2.49. The molecule has 0 aromatic heterocycles. The van der Waals surface area contributed by atoms with Crippen molar-refractivity contribution in [2.45, 2.75) is 33.4 Å². The van der Waals surface area contributed by atoms with Crippen molar-refractivity contribution in [2.24, 2.45) is 5.92 Å². The maximum Gasteiger partial charge on any atom is 0.252 e. The van der Waals surface area contributed by atoms with Gasteiger partial charge in [0.25, 0.3) is 5.91 Å². The summed E-state index contributed by atoms with van der Waals surface area (Å²) in [5.41, 5.74) is 1.06. The summed E-state index contributed by atoms with van der Waals surface area (Å²) in [5.74, 6) is 1.01. The van der Waals surface area contributed by atoms with Crippen molar-refractivity contribution in [1.82, 2.24) is 10.6 Å². The van der Waals surface area contributed by atoms with E-state index < -0.39 is 11.9 Å². The molecule has 33 heavy (non-hydrogen) atoms. The Bertz CT molecular complexity index is 957. The number of hydrogen-bond acceptors (Lipinski definition) is 6. The molecule has 0 radical (unpaired) electrons. The molecule has 0 bridgehead atoms. The highest BCUT2D eigenvalue weighted by molar-refractivity contribution is 6.32. The van der Waals surface area contributed by atoms with Crippen LogP contribution < -0.4 is 29.6 Å². The zero-order valence-electron chi connectivity index (χ0n) is 19.8. The number of rotatable bonds is 11. The third-order valence-electron chi connectivity index (χ3n) is 4.89. The van der Waals surface area contributed by atoms with E-state index >= 15 is 0 Å². The van der Waals surface area contributed by atoms with Gasteiger partial charge in [-0.2, -0.15) is 0 Å². The predicted molar refractivity (Wildman–Crippen MR) is 127 cm³/mol. The number of carbonyl (C=O) groups excluding carboxylic acids is 2. The van der Waals surface area contributed by atoms with Gasteiger partial charge in [-0.05, 0) is 42.7 Å². The number of halogens is 1. The van der Waals surface area contributed by atoms with Crippen LogP contribution in [-0.4, -0.2) is 45.8 Å². The number of hydrogen-bond donors (Lipinski definition) is 2. The Morgan fingerprint density at radius 1 is 0.970 bits per heavy atom. The van der Waals surface area contributed by atoms with E-state index in [2.05, 4.69) is 10.6 Å². The van der Waals surface area contributed by atoms with E-state index in [0.29, 0.717) is 40.2 Å². The summed E-state index contributed by atoms with van der Waals surface area (Å²) < 4.78 is 21.3. The highest BCUT2D eigenvalue weighted by atomic mass is 35.5. The van der Waals surface area contributed by atoms with Gasteiger partial charge in [0.15, 0.2) is 11.5 Å². The fraction of sp³-hybridized carbons (Fsp3) is 0.417. The number of ether oxygens (including phenoxy) is 4. The summed E-state index contributed by atoms with van der Waals surface area (Å²) in [4.78, 5) is 25.8. The van der Waals surface area contributed by atoms with Gasteiger partial charge in [0.2, 0.25) is 5.91 Å². The van der Waals surface area contributed by atoms with Crippen LogP contribution in [0.1, 0.15) is 36.7 Å². The zero-order valence-corrected chi connectivity index (χ0v) is 20.5. The van der Waals surface area contributed by atoms with Crippen molar-refractivity contribution in [3.05, 3.63) is 46.5 Å². The predicted octanol–water partition coefficient (Wildman–Crippen LogP) is 3.84. The second kappa shape index (κ2) is 12.2. The van der Waals surface area contributed by atoms with Gasteiger partial charge in [0.05, 0.1) is 33.0 Å². The third-order valence-corrected chi connectivity index (χ3v) is 5.17. The molecule has 180 valence electrons. The summed E-state index contributed by atoms with van der Waals surface area (Å²) in [6.45, 7) is 6.21. The molecule has 1 atom stereocenters. The molecular weight excluding hydrogens is 448 g/mol. The standard InChI is InChI=1S/C24H31ClN2O6/c1-7-33-22-19(25)8-15(9-20(22)32-6)13-26-24(29)21(14(2)3)27-23(28)16-10-17(30-4)12-18(11-16)31-5/h8-12,14,21H,7,13H2,1-6H3,(H,26,29)(H,27,28). The summed E-state index contributed by atoms with van der Waals surface area (Å²) in [6, 6.07) is 7.54. The Hall–Kier alpha value is -3.13. The lowest BCUT2D eigenvalue weighted by Gasteiger charge is -2.22. The Kier molecular flexibility index (Phi) is 9.66. The molecule has 2 amide bonds. The van der Waals surface area contributed by atoms with Gasteiger partial charge in [-0.1, -0.05) is 25.4 Å². The Morgan fingerprint density at radius 2 is 1.61 bits per heavy atom. The highest BCUT2D eigenvalue weighted by Gasteiger charge is 2.25. The maximum atomic E-state index is 12.9. The molecule has 0 aliphatic carbocycles. The summed E-state index contributed by atoms with van der Waals surface area (Å²) in [5, 5.41) is 6.04. The first kappa shape index (κ1) is 26.1. The fourth-order valence-electron chi connectivity index (χ4n) is 3.16. The van der Waals surface area contributed by atoms with Gasteiger partial charge in [-0.25, -0.2) is 0 Å². The molecule has 8 nitrogen and oxygen atoms in total. The normalized spacial score (nSPS) is 11.5. The second-order valence-electron chi connectivity index (χ2n) is 7.56. The lowest BCUT2D eigenvalue weighted by atomic mass is 10.0. The Labute approximate surface area is 199 Å². The van der Waals surface area contributed by atoms with E-state index in [9.17, 15) is 9.59 Å². The van der Waals surface area contributed by atoms with Gasteiger partial charge in [-0.3, -0.25) is 9.59 Å². The topological polar surface area (TPSA) is 95.1 Å². The molecule has 0 saturated carbocycles. The van der Waals surface area contributed by atoms with Crippen LogP contribution in [0.15, 0.2) is 30.3 Å². The molecule has 0 aliphatic heterocycles. The van der Waals surface area contributed by atoms with E-state index in [1.165, 1.54) is 21.3 Å². The maximum absolute atomic E-state index is 12.9. The van der Waals surface area contributed by atoms with Crippen molar-refractivity contribution in [3.63, 3.8) is 0 Å². The van der Waals surface area contributed by atoms with E-state index in [0.717, 1.165) is 5.56 Å². The van der Waals surface area contributed by atoms with Crippen molar-refractivity contribution in [2.75, 3.05) is 27.9 Å². The quantitative estimate of drug-likeness (QED) is 0.509. The van der Waals surface area contributed by atoms with Crippen molar-refractivity contribution >= 4 is 23.4 Å². The minimum atomic E-state index is -0.755. The van der Waals surface area contributed by atoms with Crippen molar-refractivity contribution in [1.29, 1.82) is 0 Å². The van der Waals surface area contributed by atoms with Crippen LogP contribution in [0.3, 0.4) is 0 Å². The number of nitrogens with one attached hydrogen (secondary N) is 2. The van der Waals surface area contributed by atoms with Crippen LogP contribution in [0.4, 0.5) is 0 Å². The molecule has 2 aromatic carbocycles. The van der Waals surface area contributed by atoms with Gasteiger partial charge < -0.3 is 29.6 Å². The molecule has 2 N–H and O–H groups in total. The van der Waals surface area contributed by atoms with Crippen LogP contribution in [0.25, 0.3) is 0 Å². The fourth-order valence-corrected chi connectivity index (χ4v) is 3.44. The zero-order chi connectivity index (χ0) is 24.5. The van der Waals surface area contributed by atoms with E-state index in [1.54, 1.807) is 30.3 Å². The second-order valence-corrected chi connectivity index (χ2v) is 7.96. The average molecular weight is 479 g/mol. The summed E-state index contributed by atoms with van der Waals surface area (Å²) in [6.07, 6.45) is 0. The van der Waals surface area contributed by atoms with E-state index in [-0.39, 0.29) is 18.4 Å². The Balaban J connectivity index is 2.13. The highest BCUT2D eigenvalue weighted by Crippen LogP contribution is 2.36. The van der Waals surface area contributed by atoms with Crippen molar-refractivity contribution < 1.29 is 28.5 Å². The van der Waals surface area contributed by atoms with Crippen LogP contribution in [-0.2, 0) is 11.3 Å². The van der Waals surface area contributed by atoms with Crippen LogP contribution in [0, 0.1) is 5.92 Å².